The van der Waals surface area contributed by atoms with Gasteiger partial charge in [0.2, 0.25) is 0 Å². The average Bonchev–Trinajstić information content (AvgIpc) is 3.55. The SMILES string of the molecule is Cn1c(SCC(=O)N2N=C(c3ccco3)CC2c2ccco2)nnc1C1CCS(=O)(=O)C1. The zero-order valence-corrected chi connectivity index (χ0v) is 18.9. The van der Waals surface area contributed by atoms with Crippen molar-refractivity contribution in [1.82, 2.24) is 19.8 Å². The van der Waals surface area contributed by atoms with Crippen LogP contribution >= 0.6 is 11.8 Å². The van der Waals surface area contributed by atoms with Crippen molar-refractivity contribution in [3.63, 3.8) is 0 Å². The van der Waals surface area contributed by atoms with E-state index in [4.69, 9.17) is 8.83 Å². The summed E-state index contributed by atoms with van der Waals surface area (Å²) in [5.74, 6) is 1.90. The van der Waals surface area contributed by atoms with Crippen LogP contribution in [0, 0.1) is 0 Å². The summed E-state index contributed by atoms with van der Waals surface area (Å²) in [5, 5.41) is 14.9. The molecule has 2 aliphatic heterocycles. The number of carbonyl (C=O) groups excluding carboxylic acids is 1. The van der Waals surface area contributed by atoms with Gasteiger partial charge in [-0.2, -0.15) is 5.10 Å². The van der Waals surface area contributed by atoms with Crippen LogP contribution in [0.2, 0.25) is 0 Å². The van der Waals surface area contributed by atoms with Crippen molar-refractivity contribution in [2.45, 2.75) is 30.0 Å². The Labute approximate surface area is 188 Å². The molecule has 1 saturated heterocycles. The number of hydrazone groups is 1. The summed E-state index contributed by atoms with van der Waals surface area (Å²) in [7, 11) is -1.23. The van der Waals surface area contributed by atoms with Crippen LogP contribution in [0.25, 0.3) is 0 Å². The summed E-state index contributed by atoms with van der Waals surface area (Å²) < 4.78 is 36.4. The smallest absolute Gasteiger partial charge is 0.253 e. The maximum atomic E-state index is 13.1. The van der Waals surface area contributed by atoms with Crippen LogP contribution in [0.5, 0.6) is 0 Å². The van der Waals surface area contributed by atoms with E-state index < -0.39 is 9.84 Å². The number of sulfone groups is 1. The van der Waals surface area contributed by atoms with Gasteiger partial charge in [-0.25, -0.2) is 13.4 Å². The fraction of sp³-hybridized carbons (Fsp3) is 0.400. The monoisotopic (exact) mass is 475 g/mol. The third kappa shape index (κ3) is 3.99. The van der Waals surface area contributed by atoms with Crippen LogP contribution in [0.3, 0.4) is 0 Å². The van der Waals surface area contributed by atoms with E-state index in [2.05, 4.69) is 15.3 Å². The number of thioether (sulfide) groups is 1. The number of hydrogen-bond acceptors (Lipinski definition) is 9. The Bertz CT molecular complexity index is 1250. The molecule has 1 amide bonds. The first kappa shape index (κ1) is 21.0. The molecule has 0 aromatic carbocycles. The molecule has 0 bridgehead atoms. The van der Waals surface area contributed by atoms with Gasteiger partial charge in [-0.1, -0.05) is 11.8 Å². The minimum absolute atomic E-state index is 0.0887. The van der Waals surface area contributed by atoms with Crippen molar-refractivity contribution in [3.05, 3.63) is 54.1 Å². The largest absolute Gasteiger partial charge is 0.467 e. The number of nitrogens with zero attached hydrogens (tertiary/aromatic N) is 5. The summed E-state index contributed by atoms with van der Waals surface area (Å²) in [6.45, 7) is 0. The van der Waals surface area contributed by atoms with Gasteiger partial charge in [0.25, 0.3) is 5.91 Å². The van der Waals surface area contributed by atoms with Gasteiger partial charge in [0, 0.05) is 19.4 Å². The van der Waals surface area contributed by atoms with Crippen molar-refractivity contribution in [2.75, 3.05) is 17.3 Å². The molecule has 2 atom stereocenters. The molecule has 3 aromatic heterocycles. The summed E-state index contributed by atoms with van der Waals surface area (Å²) in [4.78, 5) is 13.1. The van der Waals surface area contributed by atoms with Crippen LogP contribution in [0.15, 0.2) is 55.9 Å². The first-order valence-electron chi connectivity index (χ1n) is 10.1. The topological polar surface area (TPSA) is 124 Å². The fourth-order valence-electron chi connectivity index (χ4n) is 4.03. The van der Waals surface area contributed by atoms with Gasteiger partial charge in [0.05, 0.1) is 29.8 Å². The van der Waals surface area contributed by atoms with E-state index >= 15 is 0 Å². The van der Waals surface area contributed by atoms with Crippen LogP contribution in [-0.4, -0.2) is 57.1 Å². The lowest BCUT2D eigenvalue weighted by Gasteiger charge is -2.19. The molecule has 2 aliphatic rings. The molecule has 0 spiro atoms. The maximum Gasteiger partial charge on any atom is 0.253 e. The first-order chi connectivity index (χ1) is 15.4. The van der Waals surface area contributed by atoms with Crippen LogP contribution in [0.1, 0.15) is 42.1 Å². The molecule has 5 rings (SSSR count). The molecule has 0 radical (unpaired) electrons. The lowest BCUT2D eigenvalue weighted by atomic mass is 10.1. The molecule has 3 aromatic rings. The second kappa shape index (κ2) is 8.24. The van der Waals surface area contributed by atoms with Gasteiger partial charge in [0.15, 0.2) is 15.0 Å². The van der Waals surface area contributed by atoms with Crippen molar-refractivity contribution in [3.8, 4) is 0 Å². The average molecular weight is 476 g/mol. The molecule has 0 aliphatic carbocycles. The van der Waals surface area contributed by atoms with Gasteiger partial charge in [-0.15, -0.1) is 10.2 Å². The second-order valence-corrected chi connectivity index (χ2v) is 11.0. The zero-order valence-electron chi connectivity index (χ0n) is 17.2. The number of hydrogen-bond donors (Lipinski definition) is 0. The molecule has 10 nitrogen and oxygen atoms in total. The number of rotatable bonds is 6. The van der Waals surface area contributed by atoms with Crippen LogP contribution < -0.4 is 0 Å². The molecular formula is C20H21N5O5S2. The summed E-state index contributed by atoms with van der Waals surface area (Å²) >= 11 is 1.24. The number of aromatic nitrogens is 3. The Morgan fingerprint density at radius 2 is 2.03 bits per heavy atom. The van der Waals surface area contributed by atoms with Crippen LogP contribution in [-0.2, 0) is 21.7 Å². The van der Waals surface area contributed by atoms with E-state index in [1.807, 2.05) is 12.1 Å². The Morgan fingerprint density at radius 1 is 1.22 bits per heavy atom. The molecule has 5 heterocycles. The summed E-state index contributed by atoms with van der Waals surface area (Å²) in [5.41, 5.74) is 0.679. The number of amides is 1. The first-order valence-corrected chi connectivity index (χ1v) is 12.9. The third-order valence-corrected chi connectivity index (χ3v) is 8.41. The lowest BCUT2D eigenvalue weighted by molar-refractivity contribution is -0.130. The minimum atomic E-state index is -3.02. The van der Waals surface area contributed by atoms with Crippen LogP contribution in [0.4, 0.5) is 0 Å². The summed E-state index contributed by atoms with van der Waals surface area (Å²) in [6, 6.07) is 6.84. The highest BCUT2D eigenvalue weighted by Gasteiger charge is 2.36. The predicted molar refractivity (Wildman–Crippen MR) is 116 cm³/mol. The number of furan rings is 2. The van der Waals surface area contributed by atoms with Gasteiger partial charge in [0.1, 0.15) is 29.1 Å². The van der Waals surface area contributed by atoms with E-state index in [1.165, 1.54) is 16.8 Å². The molecule has 2 unspecified atom stereocenters. The third-order valence-electron chi connectivity index (χ3n) is 5.63. The molecular weight excluding hydrogens is 454 g/mol. The van der Waals surface area contributed by atoms with Gasteiger partial charge < -0.3 is 13.4 Å². The quantitative estimate of drug-likeness (QED) is 0.498. The maximum absolute atomic E-state index is 13.1. The molecule has 32 heavy (non-hydrogen) atoms. The Morgan fingerprint density at radius 3 is 2.72 bits per heavy atom. The highest BCUT2D eigenvalue weighted by molar-refractivity contribution is 7.99. The zero-order chi connectivity index (χ0) is 22.3. The highest BCUT2D eigenvalue weighted by Crippen LogP contribution is 2.34. The Hall–Kier alpha value is -2.86. The molecule has 1 fully saturated rings. The normalized spacial score (nSPS) is 22.4. The molecule has 12 heteroatoms. The van der Waals surface area contributed by atoms with E-state index in [-0.39, 0.29) is 35.1 Å². The molecule has 0 saturated carbocycles. The van der Waals surface area contributed by atoms with E-state index in [1.54, 1.807) is 36.3 Å². The van der Waals surface area contributed by atoms with E-state index in [9.17, 15) is 13.2 Å². The van der Waals surface area contributed by atoms with Gasteiger partial charge >= 0.3 is 0 Å². The van der Waals surface area contributed by atoms with Gasteiger partial charge in [-0.05, 0) is 30.7 Å². The van der Waals surface area contributed by atoms with Crippen molar-refractivity contribution in [2.24, 2.45) is 12.1 Å². The van der Waals surface area contributed by atoms with E-state index in [0.717, 1.165) is 0 Å². The molecule has 0 N–H and O–H groups in total. The van der Waals surface area contributed by atoms with Gasteiger partial charge in [-0.3, -0.25) is 4.79 Å². The predicted octanol–water partition coefficient (Wildman–Crippen LogP) is 2.37. The van der Waals surface area contributed by atoms with Crippen molar-refractivity contribution >= 4 is 33.2 Å². The Balaban J connectivity index is 1.31. The van der Waals surface area contributed by atoms with E-state index in [0.29, 0.717) is 41.1 Å². The minimum Gasteiger partial charge on any atom is -0.467 e. The summed E-state index contributed by atoms with van der Waals surface area (Å²) in [6.07, 6.45) is 4.17. The van der Waals surface area contributed by atoms with Crippen molar-refractivity contribution in [1.29, 1.82) is 0 Å². The van der Waals surface area contributed by atoms with Crippen molar-refractivity contribution < 1.29 is 22.0 Å². The fourth-order valence-corrected chi connectivity index (χ4v) is 6.54. The Kier molecular flexibility index (Phi) is 5.41. The standard InChI is InChI=1S/C20H21N5O5S2/c1-24-19(13-6-9-32(27,28)12-13)21-22-20(24)31-11-18(26)25-15(17-5-3-8-30-17)10-14(23-25)16-4-2-7-29-16/h2-5,7-8,13,15H,6,9-12H2,1H3. The number of carbonyl (C=O) groups is 1. The lowest BCUT2D eigenvalue weighted by Crippen LogP contribution is -2.28. The molecule has 168 valence electrons. The second-order valence-electron chi connectivity index (χ2n) is 7.79. The highest BCUT2D eigenvalue weighted by atomic mass is 32.2.